The SMILES string of the molecule is O=Cc1ccc(C(=O)Nc2nc3ccccc3c(=O)s2)cc1. The van der Waals surface area contributed by atoms with Crippen molar-refractivity contribution >= 4 is 39.6 Å². The number of carbonyl (C=O) groups excluding carboxylic acids is 2. The van der Waals surface area contributed by atoms with E-state index in [-0.39, 0.29) is 15.8 Å². The van der Waals surface area contributed by atoms with Gasteiger partial charge in [-0.2, -0.15) is 0 Å². The van der Waals surface area contributed by atoms with Crippen molar-refractivity contribution in [2.24, 2.45) is 0 Å². The molecule has 3 rings (SSSR count). The van der Waals surface area contributed by atoms with Crippen molar-refractivity contribution < 1.29 is 9.59 Å². The number of fused-ring (bicyclic) bond motifs is 1. The Hall–Kier alpha value is -2.86. The molecule has 1 amide bonds. The van der Waals surface area contributed by atoms with Crippen LogP contribution in [0, 0.1) is 0 Å². The van der Waals surface area contributed by atoms with Crippen LogP contribution in [-0.4, -0.2) is 17.2 Å². The van der Waals surface area contributed by atoms with Crippen LogP contribution in [0.1, 0.15) is 20.7 Å². The standard InChI is InChI=1S/C16H10N2O3S/c19-9-10-5-7-11(8-6-10)14(20)18-16-17-13-4-2-1-3-12(13)15(21)22-16/h1-9H,(H,17,18,20). The molecule has 0 fully saturated rings. The summed E-state index contributed by atoms with van der Waals surface area (Å²) in [4.78, 5) is 39.0. The predicted molar refractivity (Wildman–Crippen MR) is 85.7 cm³/mol. The van der Waals surface area contributed by atoms with E-state index < -0.39 is 0 Å². The van der Waals surface area contributed by atoms with Gasteiger partial charge in [0, 0.05) is 11.1 Å². The second-order valence-corrected chi connectivity index (χ2v) is 5.48. The van der Waals surface area contributed by atoms with Gasteiger partial charge in [0.1, 0.15) is 6.29 Å². The van der Waals surface area contributed by atoms with Gasteiger partial charge < -0.3 is 0 Å². The molecule has 3 aromatic rings. The molecule has 5 nitrogen and oxygen atoms in total. The lowest BCUT2D eigenvalue weighted by Crippen LogP contribution is -2.13. The van der Waals surface area contributed by atoms with Crippen molar-refractivity contribution in [1.82, 2.24) is 4.98 Å². The molecule has 0 radical (unpaired) electrons. The van der Waals surface area contributed by atoms with Gasteiger partial charge in [-0.15, -0.1) is 0 Å². The van der Waals surface area contributed by atoms with Gasteiger partial charge in [0.25, 0.3) is 5.91 Å². The van der Waals surface area contributed by atoms with Gasteiger partial charge in [0.15, 0.2) is 5.13 Å². The Kier molecular flexibility index (Phi) is 3.76. The van der Waals surface area contributed by atoms with Crippen molar-refractivity contribution in [2.75, 3.05) is 5.32 Å². The van der Waals surface area contributed by atoms with E-state index in [0.717, 1.165) is 11.3 Å². The molecule has 1 aromatic heterocycles. The first-order valence-electron chi connectivity index (χ1n) is 6.44. The topological polar surface area (TPSA) is 76.1 Å². The molecule has 0 aliphatic rings. The van der Waals surface area contributed by atoms with Crippen LogP contribution in [0.2, 0.25) is 0 Å². The van der Waals surface area contributed by atoms with Gasteiger partial charge in [-0.05, 0) is 24.3 Å². The van der Waals surface area contributed by atoms with E-state index in [1.807, 2.05) is 0 Å². The maximum Gasteiger partial charge on any atom is 0.257 e. The van der Waals surface area contributed by atoms with E-state index in [2.05, 4.69) is 10.3 Å². The van der Waals surface area contributed by atoms with E-state index in [4.69, 9.17) is 0 Å². The first kappa shape index (κ1) is 14.1. The van der Waals surface area contributed by atoms with Crippen molar-refractivity contribution in [1.29, 1.82) is 0 Å². The summed E-state index contributed by atoms with van der Waals surface area (Å²) in [5.74, 6) is -0.379. The summed E-state index contributed by atoms with van der Waals surface area (Å²) in [5.41, 5.74) is 1.42. The molecule has 1 heterocycles. The van der Waals surface area contributed by atoms with Crippen LogP contribution in [0.15, 0.2) is 53.3 Å². The molecule has 22 heavy (non-hydrogen) atoms. The normalized spacial score (nSPS) is 10.4. The van der Waals surface area contributed by atoms with Crippen LogP contribution in [-0.2, 0) is 0 Å². The molecule has 0 aliphatic heterocycles. The molecule has 1 N–H and O–H groups in total. The molecule has 0 saturated heterocycles. The highest BCUT2D eigenvalue weighted by molar-refractivity contribution is 7.13. The highest BCUT2D eigenvalue weighted by Gasteiger charge is 2.09. The first-order chi connectivity index (χ1) is 10.7. The van der Waals surface area contributed by atoms with E-state index in [1.165, 1.54) is 0 Å². The molecule has 0 aliphatic carbocycles. The maximum atomic E-state index is 12.1. The third-order valence-corrected chi connectivity index (χ3v) is 3.86. The molecule has 108 valence electrons. The zero-order valence-electron chi connectivity index (χ0n) is 11.3. The van der Waals surface area contributed by atoms with Crippen molar-refractivity contribution in [3.05, 3.63) is 69.2 Å². The first-order valence-corrected chi connectivity index (χ1v) is 7.25. The highest BCUT2D eigenvalue weighted by atomic mass is 32.1. The van der Waals surface area contributed by atoms with Crippen LogP contribution in [0.25, 0.3) is 10.9 Å². The number of benzene rings is 2. The van der Waals surface area contributed by atoms with E-state index >= 15 is 0 Å². The molecular weight excluding hydrogens is 300 g/mol. The number of hydrogen-bond acceptors (Lipinski definition) is 5. The smallest absolute Gasteiger partial charge is 0.257 e. The minimum Gasteiger partial charge on any atom is -0.298 e. The van der Waals surface area contributed by atoms with Gasteiger partial charge in [-0.3, -0.25) is 19.7 Å². The van der Waals surface area contributed by atoms with Crippen molar-refractivity contribution in [2.45, 2.75) is 0 Å². The van der Waals surface area contributed by atoms with E-state index in [9.17, 15) is 14.4 Å². The second kappa shape index (κ2) is 5.87. The van der Waals surface area contributed by atoms with E-state index in [1.54, 1.807) is 48.5 Å². The number of aldehydes is 1. The Labute approximate surface area is 129 Å². The summed E-state index contributed by atoms with van der Waals surface area (Å²) < 4.78 is -0.155. The number of aromatic nitrogens is 1. The van der Waals surface area contributed by atoms with Crippen molar-refractivity contribution in [3.63, 3.8) is 0 Å². The predicted octanol–water partition coefficient (Wildman–Crippen LogP) is 2.72. The summed E-state index contributed by atoms with van der Waals surface area (Å²) in [5, 5.41) is 3.38. The Morgan fingerprint density at radius 1 is 1.09 bits per heavy atom. The van der Waals surface area contributed by atoms with Gasteiger partial charge in [0.05, 0.1) is 10.9 Å². The monoisotopic (exact) mass is 310 g/mol. The fourth-order valence-corrected chi connectivity index (χ4v) is 2.70. The Bertz CT molecular complexity index is 917. The summed E-state index contributed by atoms with van der Waals surface area (Å²) in [6.07, 6.45) is 0.707. The molecule has 0 spiro atoms. The zero-order chi connectivity index (χ0) is 15.5. The largest absolute Gasteiger partial charge is 0.298 e. The lowest BCUT2D eigenvalue weighted by molar-refractivity contribution is 0.102. The van der Waals surface area contributed by atoms with Crippen LogP contribution in [0.5, 0.6) is 0 Å². The van der Waals surface area contributed by atoms with Crippen LogP contribution >= 0.6 is 11.3 Å². The molecule has 0 atom stereocenters. The molecule has 0 bridgehead atoms. The molecule has 2 aromatic carbocycles. The Morgan fingerprint density at radius 3 is 2.55 bits per heavy atom. The average Bonchev–Trinajstić information content (AvgIpc) is 2.55. The zero-order valence-corrected chi connectivity index (χ0v) is 12.1. The number of amides is 1. The van der Waals surface area contributed by atoms with Crippen LogP contribution in [0.4, 0.5) is 5.13 Å². The third kappa shape index (κ3) is 2.77. The summed E-state index contributed by atoms with van der Waals surface area (Å²) >= 11 is 0.883. The number of para-hydroxylation sites is 1. The van der Waals surface area contributed by atoms with Crippen LogP contribution < -0.4 is 10.1 Å². The maximum absolute atomic E-state index is 12.1. The van der Waals surface area contributed by atoms with E-state index in [0.29, 0.717) is 28.3 Å². The average molecular weight is 310 g/mol. The highest BCUT2D eigenvalue weighted by Crippen LogP contribution is 2.15. The van der Waals surface area contributed by atoms with Crippen molar-refractivity contribution in [3.8, 4) is 0 Å². The minimum atomic E-state index is -0.379. The molecule has 6 heteroatoms. The fraction of sp³-hybridized carbons (Fsp3) is 0. The lowest BCUT2D eigenvalue weighted by Gasteiger charge is -2.04. The fourth-order valence-electron chi connectivity index (χ4n) is 1.95. The number of hydrogen-bond donors (Lipinski definition) is 1. The second-order valence-electron chi connectivity index (χ2n) is 4.52. The number of nitrogens with one attached hydrogen (secondary N) is 1. The molecular formula is C16H10N2O3S. The van der Waals surface area contributed by atoms with Gasteiger partial charge in [-0.25, -0.2) is 4.98 Å². The molecule has 0 saturated carbocycles. The Morgan fingerprint density at radius 2 is 1.82 bits per heavy atom. The number of anilines is 1. The lowest BCUT2D eigenvalue weighted by atomic mass is 10.1. The quantitative estimate of drug-likeness (QED) is 0.755. The summed E-state index contributed by atoms with van der Waals surface area (Å²) in [7, 11) is 0. The van der Waals surface area contributed by atoms with Crippen LogP contribution in [0.3, 0.4) is 0 Å². The third-order valence-electron chi connectivity index (χ3n) is 3.06. The van der Waals surface area contributed by atoms with Gasteiger partial charge >= 0.3 is 0 Å². The van der Waals surface area contributed by atoms with Gasteiger partial charge in [0.2, 0.25) is 4.74 Å². The van der Waals surface area contributed by atoms with Gasteiger partial charge in [-0.1, -0.05) is 35.6 Å². The summed E-state index contributed by atoms with van der Waals surface area (Å²) in [6.45, 7) is 0. The summed E-state index contributed by atoms with van der Waals surface area (Å²) in [6, 6.07) is 13.2. The Balaban J connectivity index is 1.90. The molecule has 0 unspecified atom stereocenters. The minimum absolute atomic E-state index is 0.155. The number of nitrogens with zero attached hydrogens (tertiary/aromatic N) is 1. The number of carbonyl (C=O) groups is 2. The number of rotatable bonds is 3.